The fourth-order valence-electron chi connectivity index (χ4n) is 3.22. The minimum Gasteiger partial charge on any atom is -0.493 e. The Bertz CT molecular complexity index is 527. The van der Waals surface area contributed by atoms with Crippen molar-refractivity contribution in [2.24, 2.45) is 11.7 Å². The predicted octanol–water partition coefficient (Wildman–Crippen LogP) is 0.805. The van der Waals surface area contributed by atoms with Gasteiger partial charge in [-0.15, -0.1) is 0 Å². The zero-order chi connectivity index (χ0) is 16.8. The maximum atomic E-state index is 11.0. The molecule has 2 rings (SSSR count). The second kappa shape index (κ2) is 8.17. The van der Waals surface area contributed by atoms with Crippen LogP contribution in [0.4, 0.5) is 0 Å². The summed E-state index contributed by atoms with van der Waals surface area (Å²) >= 11 is 0. The number of methoxy groups -OCH3 is 2. The molecule has 0 bridgehead atoms. The van der Waals surface area contributed by atoms with Gasteiger partial charge in [-0.2, -0.15) is 0 Å². The van der Waals surface area contributed by atoms with E-state index in [2.05, 4.69) is 0 Å². The minimum absolute atomic E-state index is 0.218. The lowest BCUT2D eigenvalue weighted by atomic mass is 9.87. The third kappa shape index (κ3) is 4.59. The van der Waals surface area contributed by atoms with Crippen molar-refractivity contribution in [1.29, 1.82) is 0 Å². The number of para-hydroxylation sites is 1. The molecule has 1 saturated heterocycles. The van der Waals surface area contributed by atoms with Gasteiger partial charge in [-0.05, 0) is 37.9 Å². The monoisotopic (exact) mass is 322 g/mol. The van der Waals surface area contributed by atoms with Gasteiger partial charge in [0, 0.05) is 12.0 Å². The zero-order valence-electron chi connectivity index (χ0n) is 13.8. The van der Waals surface area contributed by atoms with E-state index in [1.165, 1.54) is 0 Å². The van der Waals surface area contributed by atoms with E-state index in [9.17, 15) is 9.90 Å². The van der Waals surface area contributed by atoms with Gasteiger partial charge in [0.25, 0.3) is 0 Å². The summed E-state index contributed by atoms with van der Waals surface area (Å²) in [6, 6.07) is 5.70. The number of hydrogen-bond donors (Lipinski definition) is 2. The van der Waals surface area contributed by atoms with Gasteiger partial charge in [0.05, 0.1) is 26.9 Å². The van der Waals surface area contributed by atoms with Crippen LogP contribution in [0.2, 0.25) is 0 Å². The van der Waals surface area contributed by atoms with Crippen molar-refractivity contribution < 1.29 is 19.4 Å². The fourth-order valence-corrected chi connectivity index (χ4v) is 3.22. The standard InChI is InChI=1S/C17H26N2O4/c1-22-15-5-3-4-13(17(15)23-2)10-14(20)12-6-8-19(9-7-12)11-16(18)21/h3-5,12,14,20H,6-11H2,1-2H3,(H2,18,21). The Balaban J connectivity index is 1.95. The smallest absolute Gasteiger partial charge is 0.231 e. The highest BCUT2D eigenvalue weighted by atomic mass is 16.5. The molecule has 128 valence electrons. The molecule has 1 aromatic rings. The van der Waals surface area contributed by atoms with E-state index in [-0.39, 0.29) is 11.8 Å². The summed E-state index contributed by atoms with van der Waals surface area (Å²) in [6.45, 7) is 1.88. The largest absolute Gasteiger partial charge is 0.493 e. The minimum atomic E-state index is -0.438. The molecule has 1 heterocycles. The molecule has 0 saturated carbocycles. The number of ether oxygens (including phenoxy) is 2. The number of likely N-dealkylation sites (tertiary alicyclic amines) is 1. The molecule has 0 aliphatic carbocycles. The Morgan fingerprint density at radius 2 is 2.04 bits per heavy atom. The molecule has 0 spiro atoms. The van der Waals surface area contributed by atoms with Gasteiger partial charge >= 0.3 is 0 Å². The van der Waals surface area contributed by atoms with Gasteiger partial charge in [-0.1, -0.05) is 12.1 Å². The first-order valence-electron chi connectivity index (χ1n) is 7.93. The van der Waals surface area contributed by atoms with E-state index in [4.69, 9.17) is 15.2 Å². The van der Waals surface area contributed by atoms with Crippen LogP contribution in [0, 0.1) is 5.92 Å². The van der Waals surface area contributed by atoms with E-state index in [1.807, 2.05) is 23.1 Å². The summed E-state index contributed by atoms with van der Waals surface area (Å²) in [7, 11) is 3.21. The Morgan fingerprint density at radius 1 is 1.35 bits per heavy atom. The molecule has 23 heavy (non-hydrogen) atoms. The highest BCUT2D eigenvalue weighted by Crippen LogP contribution is 2.33. The molecule has 1 amide bonds. The van der Waals surface area contributed by atoms with Crippen LogP contribution in [0.15, 0.2) is 18.2 Å². The summed E-state index contributed by atoms with van der Waals surface area (Å²) in [4.78, 5) is 13.0. The van der Waals surface area contributed by atoms with Gasteiger partial charge in [-0.25, -0.2) is 0 Å². The first-order chi connectivity index (χ1) is 11.0. The third-order valence-corrected chi connectivity index (χ3v) is 4.47. The lowest BCUT2D eigenvalue weighted by molar-refractivity contribution is -0.119. The van der Waals surface area contributed by atoms with Crippen molar-refractivity contribution in [1.82, 2.24) is 4.90 Å². The van der Waals surface area contributed by atoms with Crippen LogP contribution in [0.5, 0.6) is 11.5 Å². The van der Waals surface area contributed by atoms with Gasteiger partial charge in [0.1, 0.15) is 0 Å². The summed E-state index contributed by atoms with van der Waals surface area (Å²) in [5.41, 5.74) is 6.17. The number of benzene rings is 1. The summed E-state index contributed by atoms with van der Waals surface area (Å²) in [5, 5.41) is 10.6. The molecule has 6 nitrogen and oxygen atoms in total. The number of piperidine rings is 1. The molecule has 1 atom stereocenters. The average Bonchev–Trinajstić information content (AvgIpc) is 2.54. The Labute approximate surface area is 137 Å². The highest BCUT2D eigenvalue weighted by molar-refractivity contribution is 5.75. The molecular weight excluding hydrogens is 296 g/mol. The SMILES string of the molecule is COc1cccc(CC(O)C2CCN(CC(N)=O)CC2)c1OC. The van der Waals surface area contributed by atoms with Crippen LogP contribution in [0.3, 0.4) is 0 Å². The number of amides is 1. The molecule has 1 aliphatic heterocycles. The summed E-state index contributed by atoms with van der Waals surface area (Å²) in [6.07, 6.45) is 1.81. The second-order valence-electron chi connectivity index (χ2n) is 6.00. The summed E-state index contributed by atoms with van der Waals surface area (Å²) < 4.78 is 10.7. The first-order valence-corrected chi connectivity index (χ1v) is 7.93. The van der Waals surface area contributed by atoms with Crippen molar-refractivity contribution >= 4 is 5.91 Å². The van der Waals surface area contributed by atoms with E-state index >= 15 is 0 Å². The number of rotatable bonds is 7. The first kappa shape index (κ1) is 17.6. The topological polar surface area (TPSA) is 85.0 Å². The van der Waals surface area contributed by atoms with Crippen molar-refractivity contribution in [2.45, 2.75) is 25.4 Å². The van der Waals surface area contributed by atoms with E-state index < -0.39 is 6.10 Å². The Morgan fingerprint density at radius 3 is 2.61 bits per heavy atom. The van der Waals surface area contributed by atoms with Crippen LogP contribution in [0.25, 0.3) is 0 Å². The van der Waals surface area contributed by atoms with Crippen LogP contribution < -0.4 is 15.2 Å². The molecule has 1 unspecified atom stereocenters. The quantitative estimate of drug-likeness (QED) is 0.776. The number of primary amides is 1. The molecule has 1 aliphatic rings. The van der Waals surface area contributed by atoms with Gasteiger partial charge in [-0.3, -0.25) is 9.69 Å². The molecule has 6 heteroatoms. The summed E-state index contributed by atoms with van der Waals surface area (Å²) in [5.74, 6) is 1.27. The second-order valence-corrected chi connectivity index (χ2v) is 6.00. The molecule has 1 aromatic carbocycles. The lowest BCUT2D eigenvalue weighted by Crippen LogP contribution is -2.42. The molecule has 3 N–H and O–H groups in total. The van der Waals surface area contributed by atoms with Crippen LogP contribution in [-0.2, 0) is 11.2 Å². The third-order valence-electron chi connectivity index (χ3n) is 4.47. The molecule has 1 fully saturated rings. The maximum Gasteiger partial charge on any atom is 0.231 e. The van der Waals surface area contributed by atoms with Gasteiger partial charge in [0.2, 0.25) is 5.91 Å². The van der Waals surface area contributed by atoms with Crippen molar-refractivity contribution in [3.05, 3.63) is 23.8 Å². The fraction of sp³-hybridized carbons (Fsp3) is 0.588. The zero-order valence-corrected chi connectivity index (χ0v) is 13.8. The molecule has 0 aromatic heterocycles. The van der Waals surface area contributed by atoms with Crippen LogP contribution >= 0.6 is 0 Å². The maximum absolute atomic E-state index is 11.0. The van der Waals surface area contributed by atoms with Crippen molar-refractivity contribution in [3.63, 3.8) is 0 Å². The predicted molar refractivity (Wildman–Crippen MR) is 87.6 cm³/mol. The van der Waals surface area contributed by atoms with Crippen molar-refractivity contribution in [2.75, 3.05) is 33.9 Å². The van der Waals surface area contributed by atoms with E-state index in [0.717, 1.165) is 31.5 Å². The number of nitrogens with two attached hydrogens (primary N) is 1. The number of nitrogens with zero attached hydrogens (tertiary/aromatic N) is 1. The number of carbonyl (C=O) groups is 1. The van der Waals surface area contributed by atoms with E-state index in [0.29, 0.717) is 24.5 Å². The Kier molecular flexibility index (Phi) is 6.24. The normalized spacial score (nSPS) is 17.7. The highest BCUT2D eigenvalue weighted by Gasteiger charge is 2.27. The number of aliphatic hydroxyl groups excluding tert-OH is 1. The van der Waals surface area contributed by atoms with Gasteiger partial charge < -0.3 is 20.3 Å². The van der Waals surface area contributed by atoms with E-state index in [1.54, 1.807) is 14.2 Å². The van der Waals surface area contributed by atoms with Crippen LogP contribution in [0.1, 0.15) is 18.4 Å². The lowest BCUT2D eigenvalue weighted by Gasteiger charge is -2.33. The number of hydrogen-bond acceptors (Lipinski definition) is 5. The average molecular weight is 322 g/mol. The molecule has 0 radical (unpaired) electrons. The number of carbonyl (C=O) groups excluding carboxylic acids is 1. The number of aliphatic hydroxyl groups is 1. The Hall–Kier alpha value is -1.79. The van der Waals surface area contributed by atoms with Gasteiger partial charge in [0.15, 0.2) is 11.5 Å². The van der Waals surface area contributed by atoms with Crippen molar-refractivity contribution in [3.8, 4) is 11.5 Å². The molecular formula is C17H26N2O4. The van der Waals surface area contributed by atoms with Crippen LogP contribution in [-0.4, -0.2) is 55.9 Å².